The standard InChI is InChI=1S/C14H25N3O/c1-5-14-12(6-7-18-14)8-15-10(2)13-9-17(4)16-11(13)3/h9-10,12,14-15H,5-8H2,1-4H3. The summed E-state index contributed by atoms with van der Waals surface area (Å²) in [7, 11) is 1.97. The molecule has 4 heteroatoms. The van der Waals surface area contributed by atoms with E-state index in [1.165, 1.54) is 12.0 Å². The maximum Gasteiger partial charge on any atom is 0.0641 e. The van der Waals surface area contributed by atoms with E-state index < -0.39 is 0 Å². The zero-order chi connectivity index (χ0) is 13.1. The molecule has 1 fully saturated rings. The van der Waals surface area contributed by atoms with Crippen LogP contribution in [-0.4, -0.2) is 29.0 Å². The molecule has 0 saturated carbocycles. The fourth-order valence-electron chi connectivity index (χ4n) is 2.86. The number of aryl methyl sites for hydroxylation is 2. The lowest BCUT2D eigenvalue weighted by atomic mass is 9.99. The molecule has 3 atom stereocenters. The SMILES string of the molecule is CCC1OCCC1CNC(C)c1cn(C)nc1C. The molecule has 0 aliphatic carbocycles. The second-order valence-corrected chi connectivity index (χ2v) is 5.34. The van der Waals surface area contributed by atoms with Crippen molar-refractivity contribution in [1.82, 2.24) is 15.1 Å². The molecule has 1 aromatic heterocycles. The molecule has 4 nitrogen and oxygen atoms in total. The van der Waals surface area contributed by atoms with E-state index in [0.29, 0.717) is 18.1 Å². The highest BCUT2D eigenvalue weighted by atomic mass is 16.5. The fourth-order valence-corrected chi connectivity index (χ4v) is 2.86. The first kappa shape index (κ1) is 13.6. The van der Waals surface area contributed by atoms with Crippen LogP contribution in [-0.2, 0) is 11.8 Å². The van der Waals surface area contributed by atoms with E-state index in [9.17, 15) is 0 Å². The Morgan fingerprint density at radius 3 is 3.00 bits per heavy atom. The van der Waals surface area contributed by atoms with Crippen LogP contribution in [0.5, 0.6) is 0 Å². The van der Waals surface area contributed by atoms with Crippen LogP contribution in [0.15, 0.2) is 6.20 Å². The van der Waals surface area contributed by atoms with Gasteiger partial charge in [0.25, 0.3) is 0 Å². The van der Waals surface area contributed by atoms with Gasteiger partial charge in [-0.1, -0.05) is 6.92 Å². The second kappa shape index (κ2) is 5.85. The predicted octanol–water partition coefficient (Wildman–Crippen LogP) is 2.19. The Balaban J connectivity index is 1.88. The average molecular weight is 251 g/mol. The monoisotopic (exact) mass is 251 g/mol. The molecule has 3 unspecified atom stereocenters. The molecule has 1 aliphatic rings. The molecule has 1 saturated heterocycles. The van der Waals surface area contributed by atoms with Gasteiger partial charge in [-0.3, -0.25) is 4.68 Å². The van der Waals surface area contributed by atoms with Gasteiger partial charge in [-0.15, -0.1) is 0 Å². The van der Waals surface area contributed by atoms with Gasteiger partial charge in [0.1, 0.15) is 0 Å². The van der Waals surface area contributed by atoms with Gasteiger partial charge in [0, 0.05) is 38.0 Å². The Morgan fingerprint density at radius 1 is 1.61 bits per heavy atom. The van der Waals surface area contributed by atoms with Crippen molar-refractivity contribution in [2.75, 3.05) is 13.2 Å². The lowest BCUT2D eigenvalue weighted by Crippen LogP contribution is -2.30. The Bertz CT molecular complexity index is 388. The van der Waals surface area contributed by atoms with Crippen LogP contribution in [0.4, 0.5) is 0 Å². The van der Waals surface area contributed by atoms with Crippen LogP contribution in [0, 0.1) is 12.8 Å². The lowest BCUT2D eigenvalue weighted by molar-refractivity contribution is 0.0867. The third-order valence-electron chi connectivity index (χ3n) is 3.95. The van der Waals surface area contributed by atoms with Gasteiger partial charge in [-0.25, -0.2) is 0 Å². The summed E-state index contributed by atoms with van der Waals surface area (Å²) in [5.74, 6) is 0.662. The van der Waals surface area contributed by atoms with Crippen molar-refractivity contribution in [2.45, 2.75) is 45.8 Å². The smallest absolute Gasteiger partial charge is 0.0641 e. The van der Waals surface area contributed by atoms with Crippen LogP contribution >= 0.6 is 0 Å². The van der Waals surface area contributed by atoms with Crippen molar-refractivity contribution in [1.29, 1.82) is 0 Å². The third kappa shape index (κ3) is 2.93. The summed E-state index contributed by atoms with van der Waals surface area (Å²) < 4.78 is 7.61. The molecule has 1 aliphatic heterocycles. The van der Waals surface area contributed by atoms with Gasteiger partial charge in [0.15, 0.2) is 0 Å². The zero-order valence-corrected chi connectivity index (χ0v) is 11.9. The summed E-state index contributed by atoms with van der Waals surface area (Å²) in [6, 6.07) is 0.358. The van der Waals surface area contributed by atoms with Crippen molar-refractivity contribution < 1.29 is 4.74 Å². The average Bonchev–Trinajstić information content (AvgIpc) is 2.92. The minimum Gasteiger partial charge on any atom is -0.378 e. The molecule has 1 aromatic rings. The lowest BCUT2D eigenvalue weighted by Gasteiger charge is -2.20. The van der Waals surface area contributed by atoms with E-state index in [-0.39, 0.29) is 0 Å². The molecule has 0 aromatic carbocycles. The largest absolute Gasteiger partial charge is 0.378 e. The van der Waals surface area contributed by atoms with E-state index in [1.54, 1.807) is 0 Å². The molecule has 2 rings (SSSR count). The second-order valence-electron chi connectivity index (χ2n) is 5.34. The van der Waals surface area contributed by atoms with Crippen molar-refractivity contribution in [3.05, 3.63) is 17.5 Å². The molecule has 102 valence electrons. The first-order valence-corrected chi connectivity index (χ1v) is 6.97. The molecule has 1 N–H and O–H groups in total. The summed E-state index contributed by atoms with van der Waals surface area (Å²) in [4.78, 5) is 0. The summed E-state index contributed by atoms with van der Waals surface area (Å²) in [6.07, 6.45) is 4.85. The van der Waals surface area contributed by atoms with E-state index in [1.807, 2.05) is 11.7 Å². The van der Waals surface area contributed by atoms with E-state index in [2.05, 4.69) is 37.4 Å². The van der Waals surface area contributed by atoms with Gasteiger partial charge < -0.3 is 10.1 Å². The molecular formula is C14H25N3O. The maximum absolute atomic E-state index is 5.72. The highest BCUT2D eigenvalue weighted by molar-refractivity contribution is 5.19. The molecule has 18 heavy (non-hydrogen) atoms. The van der Waals surface area contributed by atoms with Gasteiger partial charge >= 0.3 is 0 Å². The molecule has 0 radical (unpaired) electrons. The predicted molar refractivity (Wildman–Crippen MR) is 72.5 cm³/mol. The van der Waals surface area contributed by atoms with Gasteiger partial charge in [0.05, 0.1) is 11.8 Å². The minimum absolute atomic E-state index is 0.358. The van der Waals surface area contributed by atoms with Crippen LogP contribution in [0.1, 0.15) is 44.0 Å². The van der Waals surface area contributed by atoms with Crippen LogP contribution in [0.2, 0.25) is 0 Å². The van der Waals surface area contributed by atoms with Crippen LogP contribution in [0.25, 0.3) is 0 Å². The number of ether oxygens (including phenoxy) is 1. The number of nitrogens with one attached hydrogen (secondary N) is 1. The molecular weight excluding hydrogens is 226 g/mol. The summed E-state index contributed by atoms with van der Waals surface area (Å²) >= 11 is 0. The summed E-state index contributed by atoms with van der Waals surface area (Å²) in [5, 5.41) is 8.02. The Labute approximate surface area is 110 Å². The Morgan fingerprint density at radius 2 is 2.39 bits per heavy atom. The quantitative estimate of drug-likeness (QED) is 0.872. The Kier molecular flexibility index (Phi) is 4.40. The highest BCUT2D eigenvalue weighted by Gasteiger charge is 2.26. The van der Waals surface area contributed by atoms with E-state index in [0.717, 1.165) is 25.3 Å². The number of nitrogens with zero attached hydrogens (tertiary/aromatic N) is 2. The van der Waals surface area contributed by atoms with Gasteiger partial charge in [-0.05, 0) is 32.6 Å². The Hall–Kier alpha value is -0.870. The zero-order valence-electron chi connectivity index (χ0n) is 11.9. The molecule has 0 amide bonds. The third-order valence-corrected chi connectivity index (χ3v) is 3.95. The van der Waals surface area contributed by atoms with E-state index in [4.69, 9.17) is 4.74 Å². The normalized spacial score (nSPS) is 25.6. The van der Waals surface area contributed by atoms with Crippen molar-refractivity contribution in [3.63, 3.8) is 0 Å². The number of aromatic nitrogens is 2. The number of rotatable bonds is 5. The highest BCUT2D eigenvalue weighted by Crippen LogP contribution is 2.24. The van der Waals surface area contributed by atoms with E-state index >= 15 is 0 Å². The topological polar surface area (TPSA) is 39.1 Å². The van der Waals surface area contributed by atoms with Gasteiger partial charge in [-0.2, -0.15) is 5.10 Å². The van der Waals surface area contributed by atoms with Crippen molar-refractivity contribution in [3.8, 4) is 0 Å². The fraction of sp³-hybridized carbons (Fsp3) is 0.786. The molecule has 2 heterocycles. The molecule has 0 bridgehead atoms. The first-order valence-electron chi connectivity index (χ1n) is 6.97. The van der Waals surface area contributed by atoms with Crippen LogP contribution < -0.4 is 5.32 Å². The molecule has 0 spiro atoms. The minimum atomic E-state index is 0.358. The number of hydrogen-bond donors (Lipinski definition) is 1. The summed E-state index contributed by atoms with van der Waals surface area (Å²) in [5.41, 5.74) is 2.41. The number of hydrogen-bond acceptors (Lipinski definition) is 3. The van der Waals surface area contributed by atoms with Crippen LogP contribution in [0.3, 0.4) is 0 Å². The first-order chi connectivity index (χ1) is 8.61. The maximum atomic E-state index is 5.72. The van der Waals surface area contributed by atoms with Crippen molar-refractivity contribution in [2.24, 2.45) is 13.0 Å². The van der Waals surface area contributed by atoms with Crippen molar-refractivity contribution >= 4 is 0 Å². The van der Waals surface area contributed by atoms with Gasteiger partial charge in [0.2, 0.25) is 0 Å². The summed E-state index contributed by atoms with van der Waals surface area (Å²) in [6.45, 7) is 8.44.